The van der Waals surface area contributed by atoms with Crippen LogP contribution in [0.15, 0.2) is 42.5 Å². The number of fused-ring (bicyclic) bond motifs is 2. The van der Waals surface area contributed by atoms with Gasteiger partial charge in [-0.05, 0) is 30.3 Å². The molecule has 0 aliphatic carbocycles. The molecule has 2 heterocycles. The van der Waals surface area contributed by atoms with Gasteiger partial charge in [0.15, 0.2) is 11.5 Å². The molecule has 2 N–H and O–H groups in total. The molecule has 2 aromatic carbocycles. The number of carbonyl (C=O) groups excluding carboxylic acids is 1. The van der Waals surface area contributed by atoms with Crippen molar-refractivity contribution in [3.05, 3.63) is 48.3 Å². The first-order valence-electron chi connectivity index (χ1n) is 9.39. The lowest BCUT2D eigenvalue weighted by molar-refractivity contribution is -0.130. The molecule has 1 aliphatic heterocycles. The molecule has 0 spiro atoms. The number of para-hydroxylation sites is 2. The molecule has 0 saturated carbocycles. The summed E-state index contributed by atoms with van der Waals surface area (Å²) >= 11 is 0. The molecule has 0 radical (unpaired) electrons. The second kappa shape index (κ2) is 7.86. The fraction of sp³-hybridized carbons (Fsp3) is 0.300. The van der Waals surface area contributed by atoms with Gasteiger partial charge in [0.25, 0.3) is 5.91 Å². The summed E-state index contributed by atoms with van der Waals surface area (Å²) in [5.41, 5.74) is 2.00. The molecule has 10 heteroatoms. The van der Waals surface area contributed by atoms with Gasteiger partial charge in [-0.2, -0.15) is 0 Å². The number of rotatable bonds is 6. The van der Waals surface area contributed by atoms with E-state index in [1.807, 2.05) is 29.8 Å². The van der Waals surface area contributed by atoms with Crippen LogP contribution in [0.4, 0.5) is 5.69 Å². The quantitative estimate of drug-likeness (QED) is 0.612. The van der Waals surface area contributed by atoms with Crippen LogP contribution < -0.4 is 19.5 Å². The van der Waals surface area contributed by atoms with Crippen LogP contribution in [0.25, 0.3) is 11.0 Å². The predicted molar refractivity (Wildman–Crippen MR) is 112 cm³/mol. The highest BCUT2D eigenvalue weighted by Gasteiger charge is 2.27. The number of nitrogens with zero attached hydrogens (tertiary/aromatic N) is 2. The monoisotopic (exact) mass is 430 g/mol. The minimum absolute atomic E-state index is 0.158. The van der Waals surface area contributed by atoms with Crippen molar-refractivity contribution in [2.75, 3.05) is 24.1 Å². The Morgan fingerprint density at radius 2 is 2.00 bits per heavy atom. The normalized spacial score (nSPS) is 15.7. The third-order valence-corrected chi connectivity index (χ3v) is 5.33. The van der Waals surface area contributed by atoms with Crippen LogP contribution in [0.3, 0.4) is 0 Å². The van der Waals surface area contributed by atoms with Crippen molar-refractivity contribution in [2.24, 2.45) is 7.05 Å². The van der Waals surface area contributed by atoms with Gasteiger partial charge in [-0.1, -0.05) is 12.1 Å². The summed E-state index contributed by atoms with van der Waals surface area (Å²) in [5, 5.41) is 2.86. The predicted octanol–water partition coefficient (Wildman–Crippen LogP) is 1.44. The Kier molecular flexibility index (Phi) is 5.25. The van der Waals surface area contributed by atoms with Crippen LogP contribution in [0.2, 0.25) is 0 Å². The zero-order valence-corrected chi connectivity index (χ0v) is 17.4. The minimum atomic E-state index is -3.36. The molecule has 1 atom stereocenters. The summed E-state index contributed by atoms with van der Waals surface area (Å²) in [5.74, 6) is 1.71. The second-order valence-electron chi connectivity index (χ2n) is 7.07. The van der Waals surface area contributed by atoms with Crippen molar-refractivity contribution in [3.63, 3.8) is 0 Å². The number of sulfonamides is 1. The van der Waals surface area contributed by atoms with Gasteiger partial charge in [0, 0.05) is 20.0 Å². The summed E-state index contributed by atoms with van der Waals surface area (Å²) < 4.78 is 38.5. The Morgan fingerprint density at radius 3 is 2.77 bits per heavy atom. The van der Waals surface area contributed by atoms with Crippen LogP contribution in [-0.2, 0) is 28.3 Å². The number of anilines is 1. The number of imidazole rings is 1. The van der Waals surface area contributed by atoms with Crippen LogP contribution in [-0.4, -0.2) is 49.4 Å². The SMILES string of the molecule is Cn1c(CCNC(=O)C2COc3ccccc3O2)nc2cc(NS(C)(=O)=O)ccc21. The van der Waals surface area contributed by atoms with E-state index in [4.69, 9.17) is 9.47 Å². The lowest BCUT2D eigenvalue weighted by Gasteiger charge is -2.25. The van der Waals surface area contributed by atoms with Crippen molar-refractivity contribution >= 4 is 32.7 Å². The van der Waals surface area contributed by atoms with Crippen molar-refractivity contribution < 1.29 is 22.7 Å². The molecule has 0 fully saturated rings. The number of nitrogens with one attached hydrogen (secondary N) is 2. The largest absolute Gasteiger partial charge is 0.485 e. The second-order valence-corrected chi connectivity index (χ2v) is 8.82. The highest BCUT2D eigenvalue weighted by atomic mass is 32.2. The summed E-state index contributed by atoms with van der Waals surface area (Å²) in [4.78, 5) is 17.0. The summed E-state index contributed by atoms with van der Waals surface area (Å²) in [6.07, 6.45) is 0.907. The van der Waals surface area contributed by atoms with E-state index in [0.717, 1.165) is 17.6 Å². The Morgan fingerprint density at radius 1 is 1.23 bits per heavy atom. The van der Waals surface area contributed by atoms with E-state index < -0.39 is 16.1 Å². The minimum Gasteiger partial charge on any atom is -0.485 e. The van der Waals surface area contributed by atoms with Crippen molar-refractivity contribution in [2.45, 2.75) is 12.5 Å². The summed E-state index contributed by atoms with van der Waals surface area (Å²) in [7, 11) is -1.48. The number of hydrogen-bond acceptors (Lipinski definition) is 6. The van der Waals surface area contributed by atoms with E-state index in [1.54, 1.807) is 24.3 Å². The average molecular weight is 430 g/mol. The van der Waals surface area contributed by atoms with E-state index in [2.05, 4.69) is 15.0 Å². The first-order chi connectivity index (χ1) is 14.3. The Labute approximate surface area is 174 Å². The molecular formula is C20H22N4O5S. The van der Waals surface area contributed by atoms with Crippen LogP contribution in [0, 0.1) is 0 Å². The Balaban J connectivity index is 1.38. The number of aryl methyl sites for hydroxylation is 1. The van der Waals surface area contributed by atoms with Gasteiger partial charge in [-0.3, -0.25) is 9.52 Å². The lowest BCUT2D eigenvalue weighted by Crippen LogP contribution is -2.44. The van der Waals surface area contributed by atoms with Crippen LogP contribution >= 0.6 is 0 Å². The molecule has 3 aromatic rings. The average Bonchev–Trinajstić information content (AvgIpc) is 3.01. The number of carbonyl (C=O) groups is 1. The van der Waals surface area contributed by atoms with Gasteiger partial charge >= 0.3 is 0 Å². The van der Waals surface area contributed by atoms with Crippen molar-refractivity contribution in [3.8, 4) is 11.5 Å². The molecule has 1 aliphatic rings. The zero-order chi connectivity index (χ0) is 21.3. The third kappa shape index (κ3) is 4.33. The molecule has 30 heavy (non-hydrogen) atoms. The Bertz CT molecular complexity index is 1210. The van der Waals surface area contributed by atoms with Crippen LogP contribution in [0.1, 0.15) is 5.82 Å². The maximum Gasteiger partial charge on any atom is 0.264 e. The van der Waals surface area contributed by atoms with E-state index in [1.165, 1.54) is 0 Å². The van der Waals surface area contributed by atoms with Gasteiger partial charge in [-0.25, -0.2) is 13.4 Å². The summed E-state index contributed by atoms with van der Waals surface area (Å²) in [6, 6.07) is 12.4. The Hall–Kier alpha value is -3.27. The van der Waals surface area contributed by atoms with Gasteiger partial charge in [0.1, 0.15) is 12.4 Å². The highest BCUT2D eigenvalue weighted by molar-refractivity contribution is 7.92. The van der Waals surface area contributed by atoms with Crippen molar-refractivity contribution in [1.29, 1.82) is 0 Å². The third-order valence-electron chi connectivity index (χ3n) is 4.73. The zero-order valence-electron chi connectivity index (χ0n) is 16.6. The number of hydrogen-bond donors (Lipinski definition) is 2. The smallest absolute Gasteiger partial charge is 0.264 e. The fourth-order valence-corrected chi connectivity index (χ4v) is 3.87. The van der Waals surface area contributed by atoms with E-state index in [9.17, 15) is 13.2 Å². The van der Waals surface area contributed by atoms with E-state index in [0.29, 0.717) is 35.7 Å². The molecule has 1 unspecified atom stereocenters. The highest BCUT2D eigenvalue weighted by Crippen LogP contribution is 2.30. The number of aromatic nitrogens is 2. The molecule has 9 nitrogen and oxygen atoms in total. The first-order valence-corrected chi connectivity index (χ1v) is 11.3. The molecule has 0 saturated heterocycles. The standard InChI is InChI=1S/C20H22N4O5S/c1-24-15-8-7-13(23-30(2,26)27)11-14(15)22-19(24)9-10-21-20(25)18-12-28-16-5-3-4-6-17(16)29-18/h3-8,11,18,23H,9-10,12H2,1-2H3,(H,21,25). The lowest BCUT2D eigenvalue weighted by atomic mass is 10.2. The number of ether oxygens (including phenoxy) is 2. The first kappa shape index (κ1) is 20.0. The molecule has 1 aromatic heterocycles. The van der Waals surface area contributed by atoms with E-state index in [-0.39, 0.29) is 12.5 Å². The maximum absolute atomic E-state index is 12.4. The van der Waals surface area contributed by atoms with Gasteiger partial charge in [-0.15, -0.1) is 0 Å². The molecule has 4 rings (SSSR count). The number of amides is 1. The number of benzene rings is 2. The molecular weight excluding hydrogens is 408 g/mol. The molecule has 1 amide bonds. The van der Waals surface area contributed by atoms with Crippen molar-refractivity contribution in [1.82, 2.24) is 14.9 Å². The summed E-state index contributed by atoms with van der Waals surface area (Å²) in [6.45, 7) is 0.539. The van der Waals surface area contributed by atoms with Crippen LogP contribution in [0.5, 0.6) is 11.5 Å². The van der Waals surface area contributed by atoms with Gasteiger partial charge in [0.05, 0.1) is 23.0 Å². The van der Waals surface area contributed by atoms with Gasteiger partial charge < -0.3 is 19.4 Å². The molecule has 0 bridgehead atoms. The fourth-order valence-electron chi connectivity index (χ4n) is 3.31. The molecule has 158 valence electrons. The van der Waals surface area contributed by atoms with E-state index >= 15 is 0 Å². The van der Waals surface area contributed by atoms with Gasteiger partial charge in [0.2, 0.25) is 16.1 Å². The topological polar surface area (TPSA) is 112 Å². The maximum atomic E-state index is 12.4.